The van der Waals surface area contributed by atoms with Crippen LogP contribution in [-0.2, 0) is 6.54 Å². The third-order valence-electron chi connectivity index (χ3n) is 6.59. The van der Waals surface area contributed by atoms with Crippen molar-refractivity contribution < 1.29 is 45.0 Å². The summed E-state index contributed by atoms with van der Waals surface area (Å²) in [6.07, 6.45) is 3.51. The van der Waals surface area contributed by atoms with Gasteiger partial charge in [0.1, 0.15) is 5.75 Å². The fraction of sp³-hybridized carbons (Fsp3) is 0.440. The first-order valence-electron chi connectivity index (χ1n) is 11.6. The molecule has 2 aromatic rings. The van der Waals surface area contributed by atoms with Crippen molar-refractivity contribution >= 4 is 33.1 Å². The Morgan fingerprint density at radius 1 is 1.09 bits per heavy atom. The van der Waals surface area contributed by atoms with Crippen LogP contribution < -0.4 is 25.9 Å². The van der Waals surface area contributed by atoms with Crippen LogP contribution in [0.1, 0.15) is 53.1 Å². The molecule has 1 amide bonds. The number of hydrogen-bond acceptors (Lipinski definition) is 4. The Labute approximate surface area is 223 Å². The third kappa shape index (κ3) is 5.87. The number of amides is 1. The van der Waals surface area contributed by atoms with Crippen LogP contribution in [-0.4, -0.2) is 54.6 Å². The van der Waals surface area contributed by atoms with Gasteiger partial charge in [0.2, 0.25) is 0 Å². The number of alkyl halides is 1. The molecular weight excluding hydrogens is 609 g/mol. The number of rotatable bonds is 8. The predicted octanol–water partition coefficient (Wildman–Crippen LogP) is 2.60. The summed E-state index contributed by atoms with van der Waals surface area (Å²) >= 11 is 10.9. The molecule has 1 saturated carbocycles. The van der Waals surface area contributed by atoms with Gasteiger partial charge in [0, 0.05) is 10.0 Å². The van der Waals surface area contributed by atoms with Crippen LogP contribution in [0, 0.1) is 5.82 Å². The molecule has 1 aliphatic carbocycles. The van der Waals surface area contributed by atoms with Crippen LogP contribution in [0.3, 0.4) is 0 Å². The molecule has 6 nitrogen and oxygen atoms in total. The van der Waals surface area contributed by atoms with Gasteiger partial charge in [0.25, 0.3) is 0 Å². The summed E-state index contributed by atoms with van der Waals surface area (Å²) in [6.45, 7) is 2.48. The Morgan fingerprint density at radius 2 is 1.80 bits per heavy atom. The average Bonchev–Trinajstić information content (AvgIpc) is 3.49. The van der Waals surface area contributed by atoms with E-state index in [0.29, 0.717) is 54.3 Å². The van der Waals surface area contributed by atoms with Crippen molar-refractivity contribution in [2.75, 3.05) is 19.6 Å². The van der Waals surface area contributed by atoms with E-state index in [2.05, 4.69) is 4.90 Å². The Bertz CT molecular complexity index is 1140. The van der Waals surface area contributed by atoms with E-state index in [1.165, 1.54) is 6.07 Å². The second kappa shape index (κ2) is 10.4. The molecule has 1 atom stereocenters. The molecule has 2 aromatic carbocycles. The number of hydrogen-bond donors (Lipinski definition) is 1. The quantitative estimate of drug-likeness (QED) is 0.210. The van der Waals surface area contributed by atoms with Gasteiger partial charge in [0.05, 0.1) is 0 Å². The summed E-state index contributed by atoms with van der Waals surface area (Å²) in [7, 11) is 0. The van der Waals surface area contributed by atoms with E-state index in [4.69, 9.17) is 27.9 Å². The van der Waals surface area contributed by atoms with Crippen molar-refractivity contribution in [3.8, 4) is 5.75 Å². The van der Waals surface area contributed by atoms with Crippen LogP contribution in [0.4, 0.5) is 9.18 Å². The molecule has 2 heterocycles. The van der Waals surface area contributed by atoms with Crippen molar-refractivity contribution in [1.29, 1.82) is 0 Å². The fourth-order valence-corrected chi connectivity index (χ4v) is 7.53. The zero-order valence-electron chi connectivity index (χ0n) is 18.9. The minimum atomic E-state index is -1.20. The van der Waals surface area contributed by atoms with Gasteiger partial charge >= 0.3 is 167 Å². The van der Waals surface area contributed by atoms with Crippen LogP contribution >= 0.6 is 23.2 Å². The summed E-state index contributed by atoms with van der Waals surface area (Å²) in [6, 6.07) is 8.35. The average molecular weight is 634 g/mol. The summed E-state index contributed by atoms with van der Waals surface area (Å²) in [5, 5.41) is 10.3. The fourth-order valence-electron chi connectivity index (χ4n) is 4.79. The van der Waals surface area contributed by atoms with Gasteiger partial charge in [-0.1, -0.05) is 23.2 Å². The Kier molecular flexibility index (Phi) is 7.44. The van der Waals surface area contributed by atoms with E-state index in [1.807, 2.05) is 0 Å². The maximum absolute atomic E-state index is 15.2. The molecule has 35 heavy (non-hydrogen) atoms. The molecule has 188 valence electrons. The van der Waals surface area contributed by atoms with Crippen molar-refractivity contribution in [2.24, 2.45) is 0 Å². The number of halogens is 4. The molecule has 3 aliphatic rings. The van der Waals surface area contributed by atoms with E-state index in [-0.39, 0.29) is 21.6 Å². The molecule has 2 saturated heterocycles. The maximum atomic E-state index is 15.2. The van der Waals surface area contributed by atoms with E-state index in [9.17, 15) is 14.7 Å². The third-order valence-corrected chi connectivity index (χ3v) is 9.58. The molecule has 1 N–H and O–H groups in total. The Morgan fingerprint density at radius 3 is 2.46 bits per heavy atom. The minimum absolute atomic E-state index is 0.00393. The second-order valence-corrected chi connectivity index (χ2v) is 13.1. The standard InChI is InChI=1S/C25H25Cl2FIN2O4/c26-16-7-17(27)9-18(8-16)35-19-12-30(13-19)11-15-6-22(28)21(10-20(15)14-3-4-14)24(32)31-5-1-2-23(31)29-25(33)34/h6-10,14,19,23H,1-5,11-13H2,(H,33,34)/q-1/t23-/m0/s1. The molecule has 10 heteroatoms. The zero-order valence-corrected chi connectivity index (χ0v) is 22.5. The number of ether oxygens (including phenoxy) is 1. The molecule has 3 fully saturated rings. The zero-order chi connectivity index (χ0) is 24.7. The molecule has 0 radical (unpaired) electrons. The molecule has 5 rings (SSSR count). The first-order chi connectivity index (χ1) is 16.8. The van der Waals surface area contributed by atoms with Crippen LogP contribution in [0.15, 0.2) is 30.3 Å². The number of carbonyl (C=O) groups excluding carboxylic acids is 1. The number of nitrogens with zero attached hydrogens (tertiary/aromatic N) is 2. The van der Waals surface area contributed by atoms with Gasteiger partial charge in [-0.15, -0.1) is 0 Å². The molecular formula is C25H25Cl2FIN2O4-. The molecule has 2 aliphatic heterocycles. The Hall–Kier alpha value is -1.62. The predicted molar refractivity (Wildman–Crippen MR) is 127 cm³/mol. The number of benzene rings is 2. The first-order valence-corrected chi connectivity index (χ1v) is 14.7. The number of carboxylic acid groups (broad SMARTS) is 1. The van der Waals surface area contributed by atoms with Crippen molar-refractivity contribution in [2.45, 2.75) is 48.3 Å². The topological polar surface area (TPSA) is 70.1 Å². The van der Waals surface area contributed by atoms with Gasteiger partial charge in [0.15, 0.2) is 0 Å². The number of carbonyl (C=O) groups is 2. The van der Waals surface area contributed by atoms with Crippen molar-refractivity contribution in [3.05, 3.63) is 62.9 Å². The van der Waals surface area contributed by atoms with E-state index < -0.39 is 31.0 Å². The normalized spacial score (nSPS) is 20.8. The van der Waals surface area contributed by atoms with Crippen molar-refractivity contribution in [1.82, 2.24) is 9.80 Å². The summed E-state index contributed by atoms with van der Waals surface area (Å²) in [5.41, 5.74) is 2.01. The molecule has 0 aromatic heterocycles. The summed E-state index contributed by atoms with van der Waals surface area (Å²) in [5.74, 6) is 0.0672. The van der Waals surface area contributed by atoms with E-state index in [1.54, 1.807) is 29.2 Å². The number of likely N-dealkylation sites (tertiary alicyclic amines) is 2. The monoisotopic (exact) mass is 633 g/mol. The molecule has 0 unspecified atom stereocenters. The first kappa shape index (κ1) is 25.0. The van der Waals surface area contributed by atoms with E-state index in [0.717, 1.165) is 30.4 Å². The summed E-state index contributed by atoms with van der Waals surface area (Å²) in [4.78, 5) is 28.2. The van der Waals surface area contributed by atoms with Crippen LogP contribution in [0.2, 0.25) is 10.0 Å². The SMILES string of the molecule is O=C(O)[I-][C@@H]1CCCN1C(=O)c1cc(C2CC2)c(CN2CC(Oc3cc(Cl)cc(Cl)c3)C2)cc1F. The van der Waals surface area contributed by atoms with Crippen LogP contribution in [0.5, 0.6) is 5.75 Å². The molecule has 0 spiro atoms. The van der Waals surface area contributed by atoms with Gasteiger partial charge in [-0.25, -0.2) is 0 Å². The summed E-state index contributed by atoms with van der Waals surface area (Å²) < 4.78 is 20.1. The van der Waals surface area contributed by atoms with Gasteiger partial charge in [-0.05, 0) is 18.2 Å². The van der Waals surface area contributed by atoms with Gasteiger partial charge in [-0.2, -0.15) is 0 Å². The van der Waals surface area contributed by atoms with Gasteiger partial charge in [-0.3, -0.25) is 0 Å². The molecule has 0 bridgehead atoms. The van der Waals surface area contributed by atoms with Crippen LogP contribution in [0.25, 0.3) is 0 Å². The second-order valence-electron chi connectivity index (χ2n) is 9.28. The van der Waals surface area contributed by atoms with Crippen molar-refractivity contribution in [3.63, 3.8) is 0 Å². The Balaban J connectivity index is 1.26. The van der Waals surface area contributed by atoms with E-state index >= 15 is 4.39 Å². The van der Waals surface area contributed by atoms with Gasteiger partial charge < -0.3 is 0 Å².